The Bertz CT molecular complexity index is 1050. The number of ether oxygens (including phenoxy) is 1. The monoisotopic (exact) mass is 422 g/mol. The second-order valence-electron chi connectivity index (χ2n) is 6.00. The minimum atomic E-state index is -0.879. The number of rotatable bonds is 2. The van der Waals surface area contributed by atoms with E-state index in [9.17, 15) is 13.6 Å². The van der Waals surface area contributed by atoms with Gasteiger partial charge in [-0.15, -0.1) is 0 Å². The lowest BCUT2D eigenvalue weighted by Crippen LogP contribution is -2.44. The Hall–Kier alpha value is -2.55. The minimum absolute atomic E-state index is 0.0630. The molecule has 3 aromatic rings. The summed E-state index contributed by atoms with van der Waals surface area (Å²) < 4.78 is 35.6. The molecule has 0 bridgehead atoms. The Morgan fingerprint density at radius 3 is 2.88 bits per heavy atom. The molecule has 0 saturated heterocycles. The van der Waals surface area contributed by atoms with Gasteiger partial charge in [-0.3, -0.25) is 14.1 Å². The molecule has 1 aromatic carbocycles. The van der Waals surface area contributed by atoms with Crippen molar-refractivity contribution in [2.24, 2.45) is 0 Å². The average molecular weight is 423 g/mol. The van der Waals surface area contributed by atoms with Crippen molar-refractivity contribution in [1.82, 2.24) is 14.4 Å². The van der Waals surface area contributed by atoms with Gasteiger partial charge in [-0.25, -0.2) is 18.7 Å². The van der Waals surface area contributed by atoms with Crippen molar-refractivity contribution in [1.29, 1.82) is 0 Å². The predicted octanol–water partition coefficient (Wildman–Crippen LogP) is 3.39. The van der Waals surface area contributed by atoms with Crippen LogP contribution in [0, 0.1) is 18.6 Å². The van der Waals surface area contributed by atoms with Crippen molar-refractivity contribution in [2.45, 2.75) is 26.5 Å². The van der Waals surface area contributed by atoms with E-state index in [0.717, 1.165) is 12.1 Å². The molecule has 1 atom stereocenters. The van der Waals surface area contributed by atoms with Crippen LogP contribution >= 0.6 is 15.9 Å². The highest BCUT2D eigenvalue weighted by molar-refractivity contribution is 9.10. The van der Waals surface area contributed by atoms with Gasteiger partial charge in [0.1, 0.15) is 10.4 Å². The second kappa shape index (κ2) is 6.01. The summed E-state index contributed by atoms with van der Waals surface area (Å²) in [7, 11) is 0. The minimum Gasteiger partial charge on any atom is -0.476 e. The molecule has 134 valence electrons. The van der Waals surface area contributed by atoms with Crippen LogP contribution in [0.4, 0.5) is 14.5 Å². The molecule has 1 aliphatic heterocycles. The van der Waals surface area contributed by atoms with Crippen molar-refractivity contribution in [2.75, 3.05) is 4.90 Å². The normalized spacial score (nSPS) is 16.7. The third-order valence-electron chi connectivity index (χ3n) is 4.27. The summed E-state index contributed by atoms with van der Waals surface area (Å²) in [6, 6.07) is 1.83. The first kappa shape index (κ1) is 16.9. The van der Waals surface area contributed by atoms with Crippen LogP contribution < -0.4 is 9.64 Å². The molecule has 9 heteroatoms. The van der Waals surface area contributed by atoms with E-state index in [1.54, 1.807) is 23.7 Å². The van der Waals surface area contributed by atoms with Crippen LogP contribution in [0.25, 0.3) is 5.65 Å². The van der Waals surface area contributed by atoms with Gasteiger partial charge in [0, 0.05) is 18.3 Å². The Morgan fingerprint density at radius 1 is 1.35 bits per heavy atom. The number of nitrogens with zero attached hydrogens (tertiary/aromatic N) is 4. The highest BCUT2D eigenvalue weighted by Crippen LogP contribution is 2.38. The van der Waals surface area contributed by atoms with Gasteiger partial charge in [0.25, 0.3) is 5.91 Å². The smallest absolute Gasteiger partial charge is 0.268 e. The standard InChI is InChI=1S/C17H13BrF2N4O2/c1-8-13(23-7-14(18)21-5-15(23)22-8)6-24-12-4-10(19)3-11(20)16(12)26-9(2)17(24)25/h3-5,7,9H,6H2,1-2H3/t9-/m1/s1. The molecule has 0 unspecified atom stereocenters. The van der Waals surface area contributed by atoms with Gasteiger partial charge in [0.15, 0.2) is 23.3 Å². The molecule has 3 heterocycles. The highest BCUT2D eigenvalue weighted by atomic mass is 79.9. The number of hydrogen-bond donors (Lipinski definition) is 0. The largest absolute Gasteiger partial charge is 0.476 e. The average Bonchev–Trinajstić information content (AvgIpc) is 2.88. The van der Waals surface area contributed by atoms with E-state index in [1.165, 1.54) is 11.8 Å². The van der Waals surface area contributed by atoms with E-state index in [0.29, 0.717) is 21.6 Å². The molecule has 0 radical (unpaired) electrons. The molecule has 0 N–H and O–H groups in total. The number of imidazole rings is 1. The predicted molar refractivity (Wildman–Crippen MR) is 93.1 cm³/mol. The number of fused-ring (bicyclic) bond motifs is 2. The molecule has 1 amide bonds. The van der Waals surface area contributed by atoms with Crippen LogP contribution in [0.5, 0.6) is 5.75 Å². The summed E-state index contributed by atoms with van der Waals surface area (Å²) in [5.41, 5.74) is 2.07. The van der Waals surface area contributed by atoms with E-state index in [-0.39, 0.29) is 23.9 Å². The molecular weight excluding hydrogens is 410 g/mol. The fourth-order valence-electron chi connectivity index (χ4n) is 3.03. The number of halogens is 3. The lowest BCUT2D eigenvalue weighted by atomic mass is 10.1. The van der Waals surface area contributed by atoms with Crippen LogP contribution in [0.3, 0.4) is 0 Å². The van der Waals surface area contributed by atoms with Gasteiger partial charge in [-0.2, -0.15) is 0 Å². The zero-order valence-electron chi connectivity index (χ0n) is 13.8. The summed E-state index contributed by atoms with van der Waals surface area (Å²) >= 11 is 3.31. The zero-order valence-corrected chi connectivity index (χ0v) is 15.4. The second-order valence-corrected chi connectivity index (χ2v) is 6.81. The molecule has 6 nitrogen and oxygen atoms in total. The maximum Gasteiger partial charge on any atom is 0.268 e. The maximum absolute atomic E-state index is 14.1. The number of aromatic nitrogens is 3. The zero-order chi connectivity index (χ0) is 18.6. The number of hydrogen-bond acceptors (Lipinski definition) is 4. The number of amides is 1. The van der Waals surface area contributed by atoms with Gasteiger partial charge < -0.3 is 4.74 Å². The van der Waals surface area contributed by atoms with Gasteiger partial charge in [-0.1, -0.05) is 0 Å². The van der Waals surface area contributed by atoms with E-state index < -0.39 is 17.7 Å². The van der Waals surface area contributed by atoms with Crippen LogP contribution in [0.15, 0.2) is 29.1 Å². The Labute approximate surface area is 155 Å². The van der Waals surface area contributed by atoms with Crippen molar-refractivity contribution >= 4 is 33.2 Å². The van der Waals surface area contributed by atoms with Gasteiger partial charge in [0.2, 0.25) is 0 Å². The molecule has 26 heavy (non-hydrogen) atoms. The first-order valence-electron chi connectivity index (χ1n) is 7.81. The van der Waals surface area contributed by atoms with Crippen molar-refractivity contribution in [3.8, 4) is 5.75 Å². The summed E-state index contributed by atoms with van der Waals surface area (Å²) in [4.78, 5) is 22.5. The molecule has 4 rings (SSSR count). The first-order valence-corrected chi connectivity index (χ1v) is 8.60. The Balaban J connectivity index is 1.85. The summed E-state index contributed by atoms with van der Waals surface area (Å²) in [5, 5.41) is 0. The van der Waals surface area contributed by atoms with Crippen LogP contribution in [-0.4, -0.2) is 26.4 Å². The fraction of sp³-hybridized carbons (Fsp3) is 0.235. The third kappa shape index (κ3) is 2.63. The number of carbonyl (C=O) groups is 1. The van der Waals surface area contributed by atoms with Crippen LogP contribution in [0.2, 0.25) is 0 Å². The van der Waals surface area contributed by atoms with Crippen LogP contribution in [-0.2, 0) is 11.3 Å². The topological polar surface area (TPSA) is 59.7 Å². The number of aryl methyl sites for hydroxylation is 1. The Kier molecular flexibility index (Phi) is 3.91. The van der Waals surface area contributed by atoms with E-state index >= 15 is 0 Å². The van der Waals surface area contributed by atoms with E-state index in [4.69, 9.17) is 4.74 Å². The third-order valence-corrected chi connectivity index (χ3v) is 4.68. The summed E-state index contributed by atoms with van der Waals surface area (Å²) in [5.74, 6) is -2.14. The van der Waals surface area contributed by atoms with Crippen molar-refractivity contribution in [3.05, 3.63) is 52.2 Å². The highest BCUT2D eigenvalue weighted by Gasteiger charge is 2.35. The van der Waals surface area contributed by atoms with E-state index in [1.807, 2.05) is 0 Å². The SMILES string of the molecule is Cc1nc2cnc(Br)cn2c1CN1C(=O)[C@@H](C)Oc2c(F)cc(F)cc21. The lowest BCUT2D eigenvalue weighted by Gasteiger charge is -2.33. The van der Waals surface area contributed by atoms with Gasteiger partial charge in [0.05, 0.1) is 29.8 Å². The number of benzene rings is 1. The quantitative estimate of drug-likeness (QED) is 0.634. The Morgan fingerprint density at radius 2 is 2.12 bits per heavy atom. The number of carbonyl (C=O) groups excluding carboxylic acids is 1. The van der Waals surface area contributed by atoms with Crippen LogP contribution in [0.1, 0.15) is 18.3 Å². The molecule has 0 aliphatic carbocycles. The van der Waals surface area contributed by atoms with Gasteiger partial charge in [-0.05, 0) is 29.8 Å². The number of anilines is 1. The van der Waals surface area contributed by atoms with Gasteiger partial charge >= 0.3 is 0 Å². The molecule has 0 saturated carbocycles. The van der Waals surface area contributed by atoms with Crippen molar-refractivity contribution in [3.63, 3.8) is 0 Å². The molecular formula is C17H13BrF2N4O2. The fourth-order valence-corrected chi connectivity index (χ4v) is 3.34. The molecule has 1 aliphatic rings. The molecule has 0 spiro atoms. The maximum atomic E-state index is 14.1. The summed E-state index contributed by atoms with van der Waals surface area (Å²) in [6.45, 7) is 3.42. The molecule has 0 fully saturated rings. The van der Waals surface area contributed by atoms with E-state index in [2.05, 4.69) is 25.9 Å². The first-order chi connectivity index (χ1) is 12.3. The lowest BCUT2D eigenvalue weighted by molar-refractivity contribution is -0.125. The molecule has 2 aromatic heterocycles. The van der Waals surface area contributed by atoms with Crippen molar-refractivity contribution < 1.29 is 18.3 Å². The summed E-state index contributed by atoms with van der Waals surface area (Å²) in [6.07, 6.45) is 2.44.